The van der Waals surface area contributed by atoms with Gasteiger partial charge in [-0.05, 0) is 65.4 Å². The fourth-order valence-electron chi connectivity index (χ4n) is 1.93. The van der Waals surface area contributed by atoms with Gasteiger partial charge in [-0.15, -0.1) is 0 Å². The molecule has 0 amide bonds. The lowest BCUT2D eigenvalue weighted by Gasteiger charge is -2.01. The topological polar surface area (TPSA) is 28.7 Å². The summed E-state index contributed by atoms with van der Waals surface area (Å²) in [6.45, 7) is 2.08. The Morgan fingerprint density at radius 3 is 2.83 bits per heavy atom. The van der Waals surface area contributed by atoms with Gasteiger partial charge in [0.05, 0.1) is 11.0 Å². The highest BCUT2D eigenvalue weighted by Crippen LogP contribution is 2.29. The maximum atomic E-state index is 4.64. The average Bonchev–Trinajstić information content (AvgIpc) is 2.74. The number of nitrogens with one attached hydrogen (secondary N) is 1. The van der Waals surface area contributed by atoms with E-state index < -0.39 is 0 Å². The summed E-state index contributed by atoms with van der Waals surface area (Å²) in [5.41, 5.74) is 4.41. The van der Waals surface area contributed by atoms with Crippen molar-refractivity contribution in [2.45, 2.75) is 6.92 Å². The Morgan fingerprint density at radius 1 is 1.17 bits per heavy atom. The zero-order chi connectivity index (χ0) is 12.7. The molecular formula is C14H10BrIN2. The molecule has 4 heteroatoms. The molecule has 0 bridgehead atoms. The molecule has 0 fully saturated rings. The summed E-state index contributed by atoms with van der Waals surface area (Å²) < 4.78 is 2.25. The molecule has 2 nitrogen and oxygen atoms in total. The van der Waals surface area contributed by atoms with Gasteiger partial charge in [-0.3, -0.25) is 0 Å². The highest BCUT2D eigenvalue weighted by atomic mass is 127. The van der Waals surface area contributed by atoms with E-state index in [9.17, 15) is 0 Å². The van der Waals surface area contributed by atoms with Gasteiger partial charge in [0.2, 0.25) is 0 Å². The summed E-state index contributed by atoms with van der Waals surface area (Å²) in [7, 11) is 0. The third kappa shape index (κ3) is 2.19. The number of aromatic amines is 1. The van der Waals surface area contributed by atoms with Crippen molar-refractivity contribution in [1.82, 2.24) is 9.97 Å². The predicted octanol–water partition coefficient (Wildman–Crippen LogP) is 4.91. The molecule has 90 valence electrons. The molecule has 0 aliphatic carbocycles. The van der Waals surface area contributed by atoms with E-state index in [0.717, 1.165) is 26.9 Å². The SMILES string of the molecule is Cc1ccc2nc(-c3cc(I)ccc3Br)[nH]c2c1. The van der Waals surface area contributed by atoms with E-state index in [1.54, 1.807) is 0 Å². The third-order valence-electron chi connectivity index (χ3n) is 2.82. The molecule has 0 aliphatic heterocycles. The molecule has 18 heavy (non-hydrogen) atoms. The van der Waals surface area contributed by atoms with Crippen molar-refractivity contribution in [1.29, 1.82) is 0 Å². The molecule has 3 rings (SSSR count). The number of halogens is 2. The zero-order valence-corrected chi connectivity index (χ0v) is 13.4. The Morgan fingerprint density at radius 2 is 2.00 bits per heavy atom. The molecule has 1 N–H and O–H groups in total. The number of aromatic nitrogens is 2. The highest BCUT2D eigenvalue weighted by Gasteiger charge is 2.09. The van der Waals surface area contributed by atoms with Crippen LogP contribution in [0.4, 0.5) is 0 Å². The minimum atomic E-state index is 0.904. The van der Waals surface area contributed by atoms with Crippen LogP contribution in [-0.2, 0) is 0 Å². The van der Waals surface area contributed by atoms with Crippen molar-refractivity contribution in [3.05, 3.63) is 50.0 Å². The van der Waals surface area contributed by atoms with E-state index >= 15 is 0 Å². The number of benzene rings is 2. The van der Waals surface area contributed by atoms with Crippen LogP contribution in [-0.4, -0.2) is 9.97 Å². The van der Waals surface area contributed by atoms with Crippen LogP contribution in [0.1, 0.15) is 5.56 Å². The first-order valence-electron chi connectivity index (χ1n) is 5.55. The molecule has 0 spiro atoms. The van der Waals surface area contributed by atoms with Crippen LogP contribution in [0.15, 0.2) is 40.9 Å². The summed E-state index contributed by atoms with van der Waals surface area (Å²) in [6, 6.07) is 12.5. The molecule has 1 heterocycles. The van der Waals surface area contributed by atoms with Crippen LogP contribution in [0.2, 0.25) is 0 Å². The Bertz CT molecular complexity index is 734. The monoisotopic (exact) mass is 412 g/mol. The van der Waals surface area contributed by atoms with E-state index in [0.29, 0.717) is 0 Å². The normalized spacial score (nSPS) is 11.1. The Labute approximate surface area is 127 Å². The van der Waals surface area contributed by atoms with Crippen LogP contribution in [0.5, 0.6) is 0 Å². The van der Waals surface area contributed by atoms with Crippen LogP contribution in [0, 0.1) is 10.5 Å². The molecule has 0 aliphatic rings. The number of fused-ring (bicyclic) bond motifs is 1. The minimum Gasteiger partial charge on any atom is -0.338 e. The number of hydrogen-bond donors (Lipinski definition) is 1. The standard InChI is InChI=1S/C14H10BrIN2/c1-8-2-5-12-13(6-8)18-14(17-12)10-7-9(16)3-4-11(10)15/h2-7H,1H3,(H,17,18). The molecule has 0 saturated carbocycles. The molecule has 0 unspecified atom stereocenters. The number of aryl methyl sites for hydroxylation is 1. The van der Waals surface area contributed by atoms with E-state index in [1.165, 1.54) is 9.13 Å². The minimum absolute atomic E-state index is 0.904. The summed E-state index contributed by atoms with van der Waals surface area (Å²) in [6.07, 6.45) is 0. The largest absolute Gasteiger partial charge is 0.338 e. The van der Waals surface area contributed by atoms with Crippen molar-refractivity contribution >= 4 is 49.6 Å². The zero-order valence-electron chi connectivity index (χ0n) is 9.67. The Kier molecular flexibility index (Phi) is 3.15. The number of nitrogens with zero attached hydrogens (tertiary/aromatic N) is 1. The smallest absolute Gasteiger partial charge is 0.139 e. The van der Waals surface area contributed by atoms with Crippen molar-refractivity contribution in [2.24, 2.45) is 0 Å². The van der Waals surface area contributed by atoms with Gasteiger partial charge in [0.1, 0.15) is 5.82 Å². The summed E-state index contributed by atoms with van der Waals surface area (Å²) in [4.78, 5) is 8.01. The van der Waals surface area contributed by atoms with Gasteiger partial charge >= 0.3 is 0 Å². The average molecular weight is 413 g/mol. The molecular weight excluding hydrogens is 403 g/mol. The van der Waals surface area contributed by atoms with Gasteiger partial charge in [-0.1, -0.05) is 22.0 Å². The Balaban J connectivity index is 2.22. The summed E-state index contributed by atoms with van der Waals surface area (Å²) in [5, 5.41) is 0. The number of imidazole rings is 1. The van der Waals surface area contributed by atoms with E-state index in [2.05, 4.69) is 85.7 Å². The fourth-order valence-corrected chi connectivity index (χ4v) is 2.86. The lowest BCUT2D eigenvalue weighted by molar-refractivity contribution is 1.32. The van der Waals surface area contributed by atoms with Crippen molar-refractivity contribution < 1.29 is 0 Å². The molecule has 2 aromatic carbocycles. The lowest BCUT2D eigenvalue weighted by Crippen LogP contribution is -1.83. The predicted molar refractivity (Wildman–Crippen MR) is 86.7 cm³/mol. The second-order valence-corrected chi connectivity index (χ2v) is 6.33. The quantitative estimate of drug-likeness (QED) is 0.565. The molecule has 3 aromatic rings. The lowest BCUT2D eigenvalue weighted by atomic mass is 10.2. The first kappa shape index (κ1) is 12.2. The van der Waals surface area contributed by atoms with Crippen molar-refractivity contribution in [3.8, 4) is 11.4 Å². The number of hydrogen-bond acceptors (Lipinski definition) is 1. The maximum absolute atomic E-state index is 4.64. The fraction of sp³-hybridized carbons (Fsp3) is 0.0714. The van der Waals surface area contributed by atoms with Gasteiger partial charge in [0.25, 0.3) is 0 Å². The highest BCUT2D eigenvalue weighted by molar-refractivity contribution is 14.1. The van der Waals surface area contributed by atoms with Gasteiger partial charge in [0, 0.05) is 13.6 Å². The van der Waals surface area contributed by atoms with Crippen LogP contribution < -0.4 is 0 Å². The second kappa shape index (κ2) is 4.66. The van der Waals surface area contributed by atoms with Gasteiger partial charge < -0.3 is 4.98 Å². The van der Waals surface area contributed by atoms with Gasteiger partial charge in [0.15, 0.2) is 0 Å². The van der Waals surface area contributed by atoms with Crippen LogP contribution in [0.25, 0.3) is 22.4 Å². The summed E-state index contributed by atoms with van der Waals surface area (Å²) in [5.74, 6) is 0.904. The van der Waals surface area contributed by atoms with Crippen LogP contribution >= 0.6 is 38.5 Å². The first-order valence-corrected chi connectivity index (χ1v) is 7.42. The number of rotatable bonds is 1. The van der Waals surface area contributed by atoms with E-state index in [1.807, 2.05) is 6.07 Å². The molecule has 0 radical (unpaired) electrons. The maximum Gasteiger partial charge on any atom is 0.139 e. The second-order valence-electron chi connectivity index (χ2n) is 4.23. The van der Waals surface area contributed by atoms with E-state index in [-0.39, 0.29) is 0 Å². The molecule has 0 atom stereocenters. The first-order chi connectivity index (χ1) is 8.63. The molecule has 0 saturated heterocycles. The van der Waals surface area contributed by atoms with Crippen molar-refractivity contribution in [3.63, 3.8) is 0 Å². The van der Waals surface area contributed by atoms with E-state index in [4.69, 9.17) is 0 Å². The van der Waals surface area contributed by atoms with Gasteiger partial charge in [-0.2, -0.15) is 0 Å². The third-order valence-corrected chi connectivity index (χ3v) is 4.18. The van der Waals surface area contributed by atoms with Gasteiger partial charge in [-0.25, -0.2) is 4.98 Å². The number of H-pyrrole nitrogens is 1. The van der Waals surface area contributed by atoms with Crippen molar-refractivity contribution in [2.75, 3.05) is 0 Å². The van der Waals surface area contributed by atoms with Crippen LogP contribution in [0.3, 0.4) is 0 Å². The Hall–Kier alpha value is -0.880. The molecule has 1 aromatic heterocycles. The summed E-state index contributed by atoms with van der Waals surface area (Å²) >= 11 is 5.89.